The second kappa shape index (κ2) is 31.5. The summed E-state index contributed by atoms with van der Waals surface area (Å²) < 4.78 is 4.33. The maximum absolute atomic E-state index is 11.7. The molecule has 0 aromatic rings. The van der Waals surface area contributed by atoms with Gasteiger partial charge in [-0.05, 0) is 0 Å². The van der Waals surface area contributed by atoms with E-state index in [1.165, 1.54) is 0 Å². The standard InChI is InChI=1S/C12H14O13.6K.2H2O.6H/c13-5(14)1-11(24,9(20)21)4-8(19)25-12(10(22)23,2-6(15)16)3-7(17)18;;;;;;;;;;;;;;/h24H,1-4H2,(H,13,14)(H,15,16)(H,17,18)(H,20,21)(H,22,23);;;;;;;2*1H2;;;;;;. The number of hydrogen-bond donors (Lipinski definition) is 6. The van der Waals surface area contributed by atoms with Crippen LogP contribution in [-0.4, -0.2) is 397 Å². The number of carbonyl (C=O) groups is 6. The third kappa shape index (κ3) is 27.1. The van der Waals surface area contributed by atoms with Crippen LogP contribution in [0.5, 0.6) is 0 Å². The number of hydrogen-bond acceptors (Lipinski definition) is 8. The van der Waals surface area contributed by atoms with Crippen molar-refractivity contribution in [2.24, 2.45) is 0 Å². The van der Waals surface area contributed by atoms with Crippen molar-refractivity contribution in [2.45, 2.75) is 36.9 Å². The van der Waals surface area contributed by atoms with Gasteiger partial charge in [0.05, 0.1) is 25.7 Å². The van der Waals surface area contributed by atoms with E-state index in [1.807, 2.05) is 0 Å². The summed E-state index contributed by atoms with van der Waals surface area (Å²) in [6.45, 7) is 0. The second-order valence-electron chi connectivity index (χ2n) is 5.00. The monoisotopic (exact) mass is 642 g/mol. The summed E-state index contributed by atoms with van der Waals surface area (Å²) in [5, 5.41) is 53.5. The van der Waals surface area contributed by atoms with Crippen molar-refractivity contribution >= 4 is 344 Å². The molecule has 1 atom stereocenters. The van der Waals surface area contributed by atoms with E-state index in [9.17, 15) is 33.9 Å². The Labute approximate surface area is 442 Å². The maximum atomic E-state index is 11.7. The Morgan fingerprint density at radius 3 is 1.06 bits per heavy atom. The number of rotatable bonds is 11. The zero-order valence-electron chi connectivity index (χ0n) is 13.4. The molecule has 0 fully saturated rings. The number of esters is 1. The van der Waals surface area contributed by atoms with Crippen LogP contribution in [0.2, 0.25) is 0 Å². The molecule has 0 amide bonds. The molecule has 0 aromatic carbocycles. The number of ether oxygens (including phenoxy) is 1. The second-order valence-corrected chi connectivity index (χ2v) is 5.00. The molecule has 0 heterocycles. The molecule has 21 heteroatoms. The quantitative estimate of drug-likeness (QED) is 0.0902. The van der Waals surface area contributed by atoms with Crippen LogP contribution < -0.4 is 0 Å². The van der Waals surface area contributed by atoms with Crippen molar-refractivity contribution in [1.82, 2.24) is 0 Å². The summed E-state index contributed by atoms with van der Waals surface area (Å²) in [7, 11) is 0. The summed E-state index contributed by atoms with van der Waals surface area (Å²) in [5.74, 6) is -11.6. The van der Waals surface area contributed by atoms with Crippen LogP contribution in [0.1, 0.15) is 25.7 Å². The third-order valence-electron chi connectivity index (χ3n) is 2.85. The van der Waals surface area contributed by atoms with E-state index in [4.69, 9.17) is 25.5 Å². The number of carboxylic acids is 5. The number of aliphatic carboxylic acids is 5. The topological polar surface area (TPSA) is 296 Å². The van der Waals surface area contributed by atoms with Crippen LogP contribution in [0.25, 0.3) is 0 Å². The molecule has 0 aliphatic carbocycles. The molecule has 0 spiro atoms. The average molecular weight is 643 g/mol. The van der Waals surface area contributed by atoms with Crippen molar-refractivity contribution in [3.05, 3.63) is 0 Å². The first kappa shape index (κ1) is 63.0. The Kier molecular flexibility index (Phi) is 60.0. The molecule has 0 aliphatic rings. The van der Waals surface area contributed by atoms with E-state index in [1.54, 1.807) is 0 Å². The molecule has 0 bridgehead atoms. The molecule has 1 unspecified atom stereocenters. The molecule has 0 aliphatic heterocycles. The SMILES string of the molecule is O.O.O=C(O)CC(O)(CC(=O)OC(CC(=O)O)(CC(=O)O)C(=O)O)C(=O)O.[KH].[KH].[KH].[KH].[KH].[KH]. The fraction of sp³-hybridized carbons (Fsp3) is 0.500. The van der Waals surface area contributed by atoms with Crippen LogP contribution in [0.4, 0.5) is 0 Å². The van der Waals surface area contributed by atoms with E-state index >= 15 is 0 Å². The van der Waals surface area contributed by atoms with Gasteiger partial charge in [0.25, 0.3) is 0 Å². The predicted molar refractivity (Wildman–Crippen MR) is 121 cm³/mol. The van der Waals surface area contributed by atoms with Gasteiger partial charge in [-0.25, -0.2) is 9.59 Å². The van der Waals surface area contributed by atoms with Gasteiger partial charge in [0.2, 0.25) is 5.60 Å². The summed E-state index contributed by atoms with van der Waals surface area (Å²) >= 11 is 0. The van der Waals surface area contributed by atoms with Crippen molar-refractivity contribution in [3.8, 4) is 0 Å². The van der Waals surface area contributed by atoms with Gasteiger partial charge in [-0.15, -0.1) is 0 Å². The Morgan fingerprint density at radius 1 is 0.545 bits per heavy atom. The van der Waals surface area contributed by atoms with Crippen LogP contribution in [0, 0.1) is 0 Å². The Balaban J connectivity index is -0.000000103. The van der Waals surface area contributed by atoms with Crippen LogP contribution in [0.15, 0.2) is 0 Å². The number of carboxylic acid groups (broad SMARTS) is 5. The normalized spacial score (nSPS) is 10.1. The fourth-order valence-electron chi connectivity index (χ4n) is 1.77. The fourth-order valence-corrected chi connectivity index (χ4v) is 1.77. The van der Waals surface area contributed by atoms with Crippen molar-refractivity contribution in [1.29, 1.82) is 0 Å². The molecule has 10 N–H and O–H groups in total. The molecule has 0 radical (unpaired) electrons. The first-order valence-electron chi connectivity index (χ1n) is 6.30. The summed E-state index contributed by atoms with van der Waals surface area (Å²) in [5.41, 5.74) is -6.24. The van der Waals surface area contributed by atoms with Crippen LogP contribution in [0.3, 0.4) is 0 Å². The molecule has 0 saturated heterocycles. The van der Waals surface area contributed by atoms with Crippen LogP contribution in [-0.2, 0) is 33.5 Å². The van der Waals surface area contributed by atoms with Gasteiger partial charge in [0.15, 0.2) is 5.60 Å². The zero-order valence-corrected chi connectivity index (χ0v) is 13.4. The first-order valence-corrected chi connectivity index (χ1v) is 6.30. The Hall–Kier alpha value is 6.52. The van der Waals surface area contributed by atoms with E-state index in [2.05, 4.69) is 4.74 Å². The first-order chi connectivity index (χ1) is 11.2. The van der Waals surface area contributed by atoms with Gasteiger partial charge < -0.3 is 46.3 Å². The number of aliphatic hydroxyl groups is 1. The van der Waals surface area contributed by atoms with Gasteiger partial charge in [-0.3, -0.25) is 19.2 Å². The van der Waals surface area contributed by atoms with E-state index in [-0.39, 0.29) is 319 Å². The van der Waals surface area contributed by atoms with E-state index < -0.39 is 72.7 Å². The van der Waals surface area contributed by atoms with Gasteiger partial charge in [0.1, 0.15) is 0 Å². The van der Waals surface area contributed by atoms with Crippen molar-refractivity contribution in [2.75, 3.05) is 0 Å². The van der Waals surface area contributed by atoms with E-state index in [0.717, 1.165) is 0 Å². The van der Waals surface area contributed by atoms with Crippen molar-refractivity contribution < 1.29 is 75.1 Å². The minimum absolute atomic E-state index is 0. The number of carbonyl (C=O) groups excluding carboxylic acids is 1. The van der Waals surface area contributed by atoms with Gasteiger partial charge in [-0.1, -0.05) is 0 Å². The van der Waals surface area contributed by atoms with E-state index in [0.29, 0.717) is 0 Å². The van der Waals surface area contributed by atoms with Crippen LogP contribution >= 0.6 is 0 Å². The van der Waals surface area contributed by atoms with Gasteiger partial charge in [-0.2, -0.15) is 0 Å². The summed E-state index contributed by atoms with van der Waals surface area (Å²) in [4.78, 5) is 66.0. The molecule has 15 nitrogen and oxygen atoms in total. The van der Waals surface area contributed by atoms with Gasteiger partial charge in [0, 0.05) is 0 Å². The van der Waals surface area contributed by atoms with Gasteiger partial charge >= 0.3 is 344 Å². The molecular formula is C12H24K6O15. The molecular weight excluding hydrogens is 619 g/mol. The molecule has 0 aromatic heterocycles. The minimum atomic E-state index is -3.17. The Bertz CT molecular complexity index is 614. The van der Waals surface area contributed by atoms with Crippen molar-refractivity contribution in [3.63, 3.8) is 0 Å². The zero-order chi connectivity index (χ0) is 20.0. The predicted octanol–water partition coefficient (Wildman–Crippen LogP) is -7.56. The summed E-state index contributed by atoms with van der Waals surface area (Å²) in [6, 6.07) is 0. The average Bonchev–Trinajstić information content (AvgIpc) is 2.34. The molecule has 0 saturated carbocycles. The molecule has 33 heavy (non-hydrogen) atoms. The molecule has 0 rings (SSSR count). The Morgan fingerprint density at radius 2 is 0.848 bits per heavy atom. The summed E-state index contributed by atoms with van der Waals surface area (Å²) in [6.07, 6.45) is -5.94. The third-order valence-corrected chi connectivity index (χ3v) is 2.85. The molecule has 168 valence electrons.